The van der Waals surface area contributed by atoms with Crippen molar-refractivity contribution in [1.82, 2.24) is 0 Å². The van der Waals surface area contributed by atoms with Crippen molar-refractivity contribution in [2.45, 2.75) is 6.92 Å². The van der Waals surface area contributed by atoms with Gasteiger partial charge in [0.05, 0.1) is 0 Å². The van der Waals surface area contributed by atoms with Crippen LogP contribution in [0.1, 0.15) is 28.4 Å². The lowest BCUT2D eigenvalue weighted by molar-refractivity contribution is -0.00678. The van der Waals surface area contributed by atoms with Crippen molar-refractivity contribution in [3.63, 3.8) is 0 Å². The van der Waals surface area contributed by atoms with Gasteiger partial charge in [-0.3, -0.25) is 4.79 Å². The molecule has 0 aliphatic heterocycles. The van der Waals surface area contributed by atoms with E-state index in [1.54, 1.807) is 18.2 Å². The average Bonchev–Trinajstić information content (AvgIpc) is 2.52. The topological polar surface area (TPSA) is 53.5 Å². The zero-order valence-corrected chi connectivity index (χ0v) is 11.0. The second kappa shape index (κ2) is 6.29. The van der Waals surface area contributed by atoms with Gasteiger partial charge >= 0.3 is 5.71 Å². The molecule has 3 nitrogen and oxygen atoms in total. The fourth-order valence-corrected chi connectivity index (χ4v) is 1.69. The molecule has 0 heterocycles. The molecule has 0 atom stereocenters. The summed E-state index contributed by atoms with van der Waals surface area (Å²) in [4.78, 5) is 15.0. The number of carbonyl (C=O) groups is 1. The summed E-state index contributed by atoms with van der Waals surface area (Å²) in [6.45, 7) is 1.46. The SMILES string of the molecule is CC(=[N+]=[N-])C(=O)c1ccccc1C#Cc1ccccc1. The van der Waals surface area contributed by atoms with Crippen LogP contribution in [-0.4, -0.2) is 16.3 Å². The summed E-state index contributed by atoms with van der Waals surface area (Å²) in [5, 5.41) is 0. The molecule has 0 aliphatic carbocycles. The van der Waals surface area contributed by atoms with Gasteiger partial charge in [0.1, 0.15) is 0 Å². The molecule has 20 heavy (non-hydrogen) atoms. The number of ketones is 1. The Labute approximate surface area is 117 Å². The van der Waals surface area contributed by atoms with Crippen LogP contribution >= 0.6 is 0 Å². The second-order valence-electron chi connectivity index (χ2n) is 4.18. The molecule has 0 aliphatic rings. The Morgan fingerprint density at radius 3 is 2.35 bits per heavy atom. The standard InChI is InChI=1S/C17H12N2O/c1-13(19-18)17(20)16-10-6-5-9-15(16)12-11-14-7-3-2-4-8-14/h2-10H,1H3. The van der Waals surface area contributed by atoms with Gasteiger partial charge in [-0.25, -0.2) is 0 Å². The quantitative estimate of drug-likeness (QED) is 0.269. The Morgan fingerprint density at radius 1 is 1.00 bits per heavy atom. The molecule has 0 saturated carbocycles. The Morgan fingerprint density at radius 2 is 1.65 bits per heavy atom. The van der Waals surface area contributed by atoms with Crippen LogP contribution in [0.15, 0.2) is 54.6 Å². The van der Waals surface area contributed by atoms with Crippen molar-refractivity contribution in [2.24, 2.45) is 0 Å². The summed E-state index contributed by atoms with van der Waals surface area (Å²) < 4.78 is 0. The zero-order valence-electron chi connectivity index (χ0n) is 11.0. The van der Waals surface area contributed by atoms with Crippen LogP contribution in [0, 0.1) is 11.8 Å². The van der Waals surface area contributed by atoms with E-state index in [1.807, 2.05) is 36.4 Å². The van der Waals surface area contributed by atoms with Gasteiger partial charge in [0.2, 0.25) is 0 Å². The number of nitrogens with zero attached hydrogens (tertiary/aromatic N) is 2. The number of hydrogen-bond donors (Lipinski definition) is 0. The molecule has 0 radical (unpaired) electrons. The van der Waals surface area contributed by atoms with E-state index in [2.05, 4.69) is 16.6 Å². The van der Waals surface area contributed by atoms with Gasteiger partial charge in [0.25, 0.3) is 5.78 Å². The molecule has 0 fully saturated rings. The highest BCUT2D eigenvalue weighted by molar-refractivity contribution is 6.43. The lowest BCUT2D eigenvalue weighted by atomic mass is 10.0. The lowest BCUT2D eigenvalue weighted by Gasteiger charge is -1.98. The number of rotatable bonds is 2. The van der Waals surface area contributed by atoms with Crippen molar-refractivity contribution in [2.75, 3.05) is 0 Å². The first kappa shape index (κ1) is 13.5. The lowest BCUT2D eigenvalue weighted by Crippen LogP contribution is -2.12. The zero-order chi connectivity index (χ0) is 14.4. The van der Waals surface area contributed by atoms with Gasteiger partial charge in [-0.05, 0) is 24.3 Å². The molecular weight excluding hydrogens is 248 g/mol. The fourth-order valence-electron chi connectivity index (χ4n) is 1.69. The van der Waals surface area contributed by atoms with E-state index < -0.39 is 0 Å². The van der Waals surface area contributed by atoms with Crippen LogP contribution in [0.4, 0.5) is 0 Å². The first-order valence-electron chi connectivity index (χ1n) is 6.12. The highest BCUT2D eigenvalue weighted by Crippen LogP contribution is 2.09. The molecule has 3 heteroatoms. The predicted octanol–water partition coefficient (Wildman–Crippen LogP) is 2.96. The smallest absolute Gasteiger partial charge is 0.336 e. The maximum Gasteiger partial charge on any atom is 0.336 e. The van der Waals surface area contributed by atoms with Gasteiger partial charge in [-0.15, -0.1) is 0 Å². The van der Waals surface area contributed by atoms with Crippen LogP contribution in [0.5, 0.6) is 0 Å². The summed E-state index contributed by atoms with van der Waals surface area (Å²) in [7, 11) is 0. The van der Waals surface area contributed by atoms with E-state index >= 15 is 0 Å². The van der Waals surface area contributed by atoms with Crippen LogP contribution in [0.3, 0.4) is 0 Å². The van der Waals surface area contributed by atoms with E-state index in [9.17, 15) is 4.79 Å². The second-order valence-corrected chi connectivity index (χ2v) is 4.18. The van der Waals surface area contributed by atoms with E-state index in [0.29, 0.717) is 11.1 Å². The van der Waals surface area contributed by atoms with Crippen molar-refractivity contribution < 1.29 is 9.58 Å². The van der Waals surface area contributed by atoms with Crippen LogP contribution < -0.4 is 0 Å². The van der Waals surface area contributed by atoms with Crippen LogP contribution in [0.2, 0.25) is 0 Å². The molecule has 0 amide bonds. The molecule has 2 aromatic rings. The number of hydrogen-bond acceptors (Lipinski definition) is 1. The number of Topliss-reactive ketones (excluding diaryl/α,β-unsaturated/α-hetero) is 1. The van der Waals surface area contributed by atoms with Crippen molar-refractivity contribution >= 4 is 11.5 Å². The molecule has 0 bridgehead atoms. The molecule has 0 unspecified atom stereocenters. The third kappa shape index (κ3) is 3.08. The largest absolute Gasteiger partial charge is 0.361 e. The number of carbonyl (C=O) groups excluding carboxylic acids is 1. The van der Waals surface area contributed by atoms with Crippen LogP contribution in [0.25, 0.3) is 5.53 Å². The van der Waals surface area contributed by atoms with Gasteiger partial charge in [0, 0.05) is 23.6 Å². The number of benzene rings is 2. The highest BCUT2D eigenvalue weighted by atomic mass is 16.1. The normalized spacial score (nSPS) is 9.05. The first-order chi connectivity index (χ1) is 9.72. The van der Waals surface area contributed by atoms with E-state index in [-0.39, 0.29) is 11.5 Å². The van der Waals surface area contributed by atoms with Crippen molar-refractivity contribution in [1.29, 1.82) is 0 Å². The maximum atomic E-state index is 12.0. The average molecular weight is 260 g/mol. The molecule has 0 N–H and O–H groups in total. The summed E-state index contributed by atoms with van der Waals surface area (Å²) in [5.41, 5.74) is 10.7. The summed E-state index contributed by atoms with van der Waals surface area (Å²) >= 11 is 0. The molecule has 96 valence electrons. The molecule has 0 spiro atoms. The Bertz CT molecular complexity index is 745. The molecular formula is C17H12N2O. The van der Waals surface area contributed by atoms with Crippen molar-refractivity contribution in [3.8, 4) is 11.8 Å². The van der Waals surface area contributed by atoms with Gasteiger partial charge < -0.3 is 5.53 Å². The molecule has 2 rings (SSSR count). The van der Waals surface area contributed by atoms with Gasteiger partial charge in [-0.2, -0.15) is 4.79 Å². The van der Waals surface area contributed by atoms with E-state index in [1.165, 1.54) is 6.92 Å². The summed E-state index contributed by atoms with van der Waals surface area (Å²) in [6, 6.07) is 16.6. The molecule has 0 aromatic heterocycles. The Hall–Kier alpha value is -2.95. The Balaban J connectivity index is 2.42. The monoisotopic (exact) mass is 260 g/mol. The van der Waals surface area contributed by atoms with E-state index in [0.717, 1.165) is 5.56 Å². The van der Waals surface area contributed by atoms with Gasteiger partial charge in [-0.1, -0.05) is 42.2 Å². The van der Waals surface area contributed by atoms with Gasteiger partial charge in [0.15, 0.2) is 0 Å². The predicted molar refractivity (Wildman–Crippen MR) is 77.5 cm³/mol. The Kier molecular flexibility index (Phi) is 4.24. The fraction of sp³-hybridized carbons (Fsp3) is 0.0588. The first-order valence-corrected chi connectivity index (χ1v) is 6.12. The van der Waals surface area contributed by atoms with Crippen LogP contribution in [-0.2, 0) is 0 Å². The third-order valence-electron chi connectivity index (χ3n) is 2.77. The van der Waals surface area contributed by atoms with E-state index in [4.69, 9.17) is 5.53 Å². The van der Waals surface area contributed by atoms with Crippen molar-refractivity contribution in [3.05, 3.63) is 76.8 Å². The molecule has 0 saturated heterocycles. The minimum atomic E-state index is -0.328. The minimum absolute atomic E-state index is 0.0407. The highest BCUT2D eigenvalue weighted by Gasteiger charge is 2.18. The third-order valence-corrected chi connectivity index (χ3v) is 2.77. The minimum Gasteiger partial charge on any atom is -0.361 e. The molecule has 2 aromatic carbocycles. The summed E-state index contributed by atoms with van der Waals surface area (Å²) in [6.07, 6.45) is 0. The maximum absolute atomic E-state index is 12.0. The summed E-state index contributed by atoms with van der Waals surface area (Å²) in [5.74, 6) is 5.66.